The van der Waals surface area contributed by atoms with Gasteiger partial charge in [0.15, 0.2) is 0 Å². The van der Waals surface area contributed by atoms with E-state index < -0.39 is 5.54 Å². The number of nitrogens with zero attached hydrogens (tertiary/aromatic N) is 1. The Kier molecular flexibility index (Phi) is 3.63. The molecule has 1 saturated carbocycles. The number of amides is 2. The fourth-order valence-corrected chi connectivity index (χ4v) is 3.08. The van der Waals surface area contributed by atoms with Crippen LogP contribution >= 0.6 is 0 Å². The first-order chi connectivity index (χ1) is 8.84. The van der Waals surface area contributed by atoms with Crippen molar-refractivity contribution in [2.24, 2.45) is 11.3 Å². The third-order valence-electron chi connectivity index (χ3n) is 5.05. The van der Waals surface area contributed by atoms with Crippen molar-refractivity contribution < 1.29 is 9.59 Å². The first-order valence-corrected chi connectivity index (χ1v) is 7.45. The standard InChI is InChI=1S/C15H26N2O2/c1-5-15(6-2)13(19)17(8-7-12(18)16-15)10-11-9-14(11,3)4/h11H,5-10H2,1-4H3,(H,16,18). The third kappa shape index (κ3) is 2.63. The lowest BCUT2D eigenvalue weighted by Crippen LogP contribution is -2.56. The van der Waals surface area contributed by atoms with Crippen molar-refractivity contribution in [2.75, 3.05) is 13.1 Å². The van der Waals surface area contributed by atoms with Crippen molar-refractivity contribution in [3.63, 3.8) is 0 Å². The van der Waals surface area contributed by atoms with Gasteiger partial charge in [-0.2, -0.15) is 0 Å². The van der Waals surface area contributed by atoms with E-state index >= 15 is 0 Å². The van der Waals surface area contributed by atoms with Gasteiger partial charge >= 0.3 is 0 Å². The molecule has 108 valence electrons. The largest absolute Gasteiger partial charge is 0.342 e. The van der Waals surface area contributed by atoms with Gasteiger partial charge in [0.2, 0.25) is 11.8 Å². The fourth-order valence-electron chi connectivity index (χ4n) is 3.08. The van der Waals surface area contributed by atoms with Gasteiger partial charge in [-0.1, -0.05) is 27.7 Å². The van der Waals surface area contributed by atoms with Crippen LogP contribution in [0.25, 0.3) is 0 Å². The van der Waals surface area contributed by atoms with Crippen LogP contribution < -0.4 is 5.32 Å². The summed E-state index contributed by atoms with van der Waals surface area (Å²) in [6.07, 6.45) is 2.95. The summed E-state index contributed by atoms with van der Waals surface area (Å²) in [5.41, 5.74) is -0.308. The molecular weight excluding hydrogens is 240 g/mol. The summed E-state index contributed by atoms with van der Waals surface area (Å²) >= 11 is 0. The summed E-state index contributed by atoms with van der Waals surface area (Å²) in [6.45, 7) is 9.83. The molecule has 2 aliphatic rings. The fraction of sp³-hybridized carbons (Fsp3) is 0.867. The first-order valence-electron chi connectivity index (χ1n) is 7.45. The van der Waals surface area contributed by atoms with Gasteiger partial charge in [0, 0.05) is 19.5 Å². The maximum atomic E-state index is 12.8. The van der Waals surface area contributed by atoms with Gasteiger partial charge in [-0.25, -0.2) is 0 Å². The Morgan fingerprint density at radius 3 is 2.32 bits per heavy atom. The second-order valence-electron chi connectivity index (χ2n) is 6.73. The van der Waals surface area contributed by atoms with Crippen molar-refractivity contribution >= 4 is 11.8 Å². The number of carbonyl (C=O) groups excluding carboxylic acids is 2. The highest BCUT2D eigenvalue weighted by atomic mass is 16.2. The van der Waals surface area contributed by atoms with Gasteiger partial charge in [0.1, 0.15) is 5.54 Å². The van der Waals surface area contributed by atoms with Crippen LogP contribution in [0.4, 0.5) is 0 Å². The monoisotopic (exact) mass is 266 g/mol. The van der Waals surface area contributed by atoms with Gasteiger partial charge in [-0.3, -0.25) is 9.59 Å². The van der Waals surface area contributed by atoms with Crippen molar-refractivity contribution in [2.45, 2.75) is 58.9 Å². The Bertz CT molecular complexity index is 386. The summed E-state index contributed by atoms with van der Waals surface area (Å²) in [7, 11) is 0. The van der Waals surface area contributed by atoms with Crippen molar-refractivity contribution in [3.05, 3.63) is 0 Å². The van der Waals surface area contributed by atoms with Crippen LogP contribution in [0, 0.1) is 11.3 Å². The molecule has 2 rings (SSSR count). The molecule has 0 bridgehead atoms. The molecule has 0 aromatic carbocycles. The SMILES string of the molecule is CCC1(CC)NC(=O)CCN(CC2CC2(C)C)C1=O. The number of hydrogen-bond acceptors (Lipinski definition) is 2. The highest BCUT2D eigenvalue weighted by Gasteiger charge is 2.49. The minimum atomic E-state index is -0.674. The lowest BCUT2D eigenvalue weighted by atomic mass is 9.91. The maximum Gasteiger partial charge on any atom is 0.248 e. The number of hydrogen-bond donors (Lipinski definition) is 1. The van der Waals surface area contributed by atoms with E-state index in [1.54, 1.807) is 0 Å². The lowest BCUT2D eigenvalue weighted by Gasteiger charge is -2.34. The van der Waals surface area contributed by atoms with E-state index in [0.717, 1.165) is 6.54 Å². The molecule has 1 unspecified atom stereocenters. The Hall–Kier alpha value is -1.06. The van der Waals surface area contributed by atoms with Gasteiger partial charge in [0.25, 0.3) is 0 Å². The maximum absolute atomic E-state index is 12.8. The van der Waals surface area contributed by atoms with Crippen LogP contribution in [-0.4, -0.2) is 35.3 Å². The molecule has 4 heteroatoms. The lowest BCUT2D eigenvalue weighted by molar-refractivity contribution is -0.139. The Morgan fingerprint density at radius 1 is 1.26 bits per heavy atom. The van der Waals surface area contributed by atoms with Gasteiger partial charge in [-0.15, -0.1) is 0 Å². The molecule has 19 heavy (non-hydrogen) atoms. The zero-order valence-electron chi connectivity index (χ0n) is 12.6. The van der Waals surface area contributed by atoms with Crippen LogP contribution in [0.5, 0.6) is 0 Å². The summed E-state index contributed by atoms with van der Waals surface area (Å²) in [5, 5.41) is 2.96. The highest BCUT2D eigenvalue weighted by Crippen LogP contribution is 2.52. The van der Waals surface area contributed by atoms with E-state index in [0.29, 0.717) is 37.1 Å². The average Bonchev–Trinajstić information content (AvgIpc) is 3.00. The molecule has 0 spiro atoms. The van der Waals surface area contributed by atoms with Crippen LogP contribution in [-0.2, 0) is 9.59 Å². The van der Waals surface area contributed by atoms with E-state index in [9.17, 15) is 9.59 Å². The molecular formula is C15H26N2O2. The molecule has 0 radical (unpaired) electrons. The van der Waals surface area contributed by atoms with Gasteiger partial charge < -0.3 is 10.2 Å². The van der Waals surface area contributed by atoms with Crippen LogP contribution in [0.3, 0.4) is 0 Å². The van der Waals surface area contributed by atoms with Gasteiger partial charge in [0.05, 0.1) is 0 Å². The van der Waals surface area contributed by atoms with E-state index in [4.69, 9.17) is 0 Å². The highest BCUT2D eigenvalue weighted by molar-refractivity contribution is 5.93. The molecule has 4 nitrogen and oxygen atoms in total. The zero-order valence-corrected chi connectivity index (χ0v) is 12.6. The Labute approximate surface area is 115 Å². The summed E-state index contributed by atoms with van der Waals surface area (Å²) in [6, 6.07) is 0. The molecule has 2 amide bonds. The van der Waals surface area contributed by atoms with Gasteiger partial charge in [-0.05, 0) is 30.6 Å². The summed E-state index contributed by atoms with van der Waals surface area (Å²) in [5.74, 6) is 0.719. The Morgan fingerprint density at radius 2 is 1.84 bits per heavy atom. The van der Waals surface area contributed by atoms with E-state index in [1.807, 2.05) is 18.7 Å². The molecule has 1 atom stereocenters. The molecule has 1 aliphatic carbocycles. The second kappa shape index (κ2) is 4.80. The molecule has 1 aliphatic heterocycles. The van der Waals surface area contributed by atoms with Crippen LogP contribution in [0.15, 0.2) is 0 Å². The number of nitrogens with one attached hydrogen (secondary N) is 1. The van der Waals surface area contributed by atoms with Crippen LogP contribution in [0.2, 0.25) is 0 Å². The minimum Gasteiger partial charge on any atom is -0.342 e. The van der Waals surface area contributed by atoms with E-state index in [-0.39, 0.29) is 11.8 Å². The zero-order chi connectivity index (χ0) is 14.3. The van der Waals surface area contributed by atoms with Crippen molar-refractivity contribution in [3.8, 4) is 0 Å². The van der Waals surface area contributed by atoms with E-state index in [2.05, 4.69) is 19.2 Å². The van der Waals surface area contributed by atoms with E-state index in [1.165, 1.54) is 6.42 Å². The molecule has 0 aromatic heterocycles. The minimum absolute atomic E-state index is 0.00890. The molecule has 0 aromatic rings. The molecule has 1 saturated heterocycles. The molecule has 2 fully saturated rings. The predicted octanol–water partition coefficient (Wildman–Crippen LogP) is 1.94. The predicted molar refractivity (Wildman–Crippen MR) is 74.5 cm³/mol. The number of rotatable bonds is 4. The average molecular weight is 266 g/mol. The normalized spacial score (nSPS) is 28.8. The van der Waals surface area contributed by atoms with Crippen molar-refractivity contribution in [1.29, 1.82) is 0 Å². The first kappa shape index (κ1) is 14.4. The third-order valence-corrected chi connectivity index (χ3v) is 5.05. The smallest absolute Gasteiger partial charge is 0.248 e. The topological polar surface area (TPSA) is 49.4 Å². The number of carbonyl (C=O) groups is 2. The second-order valence-corrected chi connectivity index (χ2v) is 6.73. The molecule has 1 heterocycles. The summed E-state index contributed by atoms with van der Waals surface area (Å²) in [4.78, 5) is 26.5. The Balaban J connectivity index is 2.14. The molecule has 1 N–H and O–H groups in total. The van der Waals surface area contributed by atoms with Crippen molar-refractivity contribution in [1.82, 2.24) is 10.2 Å². The van der Waals surface area contributed by atoms with Crippen LogP contribution in [0.1, 0.15) is 53.4 Å². The quantitative estimate of drug-likeness (QED) is 0.845. The summed E-state index contributed by atoms with van der Waals surface area (Å²) < 4.78 is 0.